The van der Waals surface area contributed by atoms with Crippen molar-refractivity contribution in [3.63, 3.8) is 0 Å². The number of methoxy groups -OCH3 is 1. The van der Waals surface area contributed by atoms with E-state index < -0.39 is 0 Å². The van der Waals surface area contributed by atoms with E-state index in [-0.39, 0.29) is 48.7 Å². The molecule has 0 radical (unpaired) electrons. The fourth-order valence-electron chi connectivity index (χ4n) is 6.40. The molecule has 8 heteroatoms. The van der Waals surface area contributed by atoms with E-state index in [4.69, 9.17) is 28.4 Å². The van der Waals surface area contributed by atoms with Crippen LogP contribution in [-0.2, 0) is 38.0 Å². The molecular formula is C34H56O8. The third-order valence-corrected chi connectivity index (χ3v) is 8.81. The third-order valence-electron chi connectivity index (χ3n) is 8.81. The number of carbonyl (C=O) groups excluding carboxylic acids is 2. The van der Waals surface area contributed by atoms with Gasteiger partial charge in [0.15, 0.2) is 12.6 Å². The first kappa shape index (κ1) is 34.7. The number of unbranched alkanes of at least 4 members (excludes halogenated alkanes) is 2. The highest BCUT2D eigenvalue weighted by atomic mass is 16.7. The Morgan fingerprint density at radius 3 is 2.43 bits per heavy atom. The van der Waals surface area contributed by atoms with Gasteiger partial charge in [-0.25, -0.2) is 0 Å². The Balaban J connectivity index is 1.75. The van der Waals surface area contributed by atoms with Crippen molar-refractivity contribution in [2.45, 2.75) is 141 Å². The predicted octanol–water partition coefficient (Wildman–Crippen LogP) is 7.05. The first-order chi connectivity index (χ1) is 20.5. The van der Waals surface area contributed by atoms with Gasteiger partial charge in [0.25, 0.3) is 6.47 Å². The van der Waals surface area contributed by atoms with E-state index in [1.807, 2.05) is 0 Å². The Morgan fingerprint density at radius 2 is 1.76 bits per heavy atom. The van der Waals surface area contributed by atoms with Crippen LogP contribution < -0.4 is 0 Å². The molecule has 0 amide bonds. The lowest BCUT2D eigenvalue weighted by atomic mass is 9.88. The quantitative estimate of drug-likeness (QED) is 0.0682. The van der Waals surface area contributed by atoms with Crippen molar-refractivity contribution in [2.75, 3.05) is 20.3 Å². The van der Waals surface area contributed by atoms with Gasteiger partial charge in [0, 0.05) is 37.9 Å². The summed E-state index contributed by atoms with van der Waals surface area (Å²) in [6, 6.07) is 0. The van der Waals surface area contributed by atoms with Crippen molar-refractivity contribution in [2.24, 2.45) is 17.8 Å². The summed E-state index contributed by atoms with van der Waals surface area (Å²) in [7, 11) is 1.42. The van der Waals surface area contributed by atoms with Crippen molar-refractivity contribution in [1.82, 2.24) is 0 Å². The van der Waals surface area contributed by atoms with Crippen LogP contribution in [0.2, 0.25) is 0 Å². The minimum Gasteiger partial charge on any atom is -0.469 e. The number of ether oxygens (including phenoxy) is 6. The van der Waals surface area contributed by atoms with Gasteiger partial charge in [0.1, 0.15) is 6.10 Å². The molecule has 42 heavy (non-hydrogen) atoms. The fourth-order valence-corrected chi connectivity index (χ4v) is 6.40. The SMILES string of the molecule is CCCC[C@H](C)C[C@H](/C=C/[C@@H]1[C@@H](C/C=C\CCCC(=O)OC)[C@H](OC=O)C[C@H]1OC1CCCCO1)OC1CCCCO1. The molecule has 2 heterocycles. The number of esters is 1. The maximum atomic E-state index is 11.5. The molecule has 1 saturated carbocycles. The normalized spacial score (nSPS) is 30.0. The van der Waals surface area contributed by atoms with E-state index >= 15 is 0 Å². The molecular weight excluding hydrogens is 536 g/mol. The van der Waals surface area contributed by atoms with Crippen LogP contribution in [0.1, 0.15) is 110 Å². The molecule has 2 aliphatic heterocycles. The molecule has 3 aliphatic rings. The van der Waals surface area contributed by atoms with E-state index in [0.717, 1.165) is 77.4 Å². The van der Waals surface area contributed by atoms with Crippen molar-refractivity contribution in [3.05, 3.63) is 24.3 Å². The van der Waals surface area contributed by atoms with Gasteiger partial charge in [-0.05, 0) is 70.1 Å². The van der Waals surface area contributed by atoms with Crippen molar-refractivity contribution >= 4 is 12.4 Å². The molecule has 0 spiro atoms. The second-order valence-corrected chi connectivity index (χ2v) is 12.2. The average Bonchev–Trinajstić information content (AvgIpc) is 3.32. The largest absolute Gasteiger partial charge is 0.469 e. The summed E-state index contributed by atoms with van der Waals surface area (Å²) in [5.74, 6) is 0.475. The minimum atomic E-state index is -0.241. The molecule has 2 saturated heterocycles. The van der Waals surface area contributed by atoms with Crippen molar-refractivity contribution in [3.8, 4) is 0 Å². The second kappa shape index (κ2) is 20.3. The highest BCUT2D eigenvalue weighted by Gasteiger charge is 2.44. The smallest absolute Gasteiger partial charge is 0.305 e. The highest BCUT2D eigenvalue weighted by Crippen LogP contribution is 2.41. The molecule has 240 valence electrons. The van der Waals surface area contributed by atoms with Gasteiger partial charge in [-0.1, -0.05) is 57.4 Å². The molecule has 8 nitrogen and oxygen atoms in total. The van der Waals surface area contributed by atoms with Gasteiger partial charge in [0.2, 0.25) is 0 Å². The van der Waals surface area contributed by atoms with Gasteiger partial charge in [-0.15, -0.1) is 0 Å². The van der Waals surface area contributed by atoms with Gasteiger partial charge in [0.05, 0.1) is 19.3 Å². The zero-order chi connectivity index (χ0) is 30.0. The Bertz CT molecular complexity index is 801. The molecule has 0 aromatic rings. The molecule has 0 N–H and O–H groups in total. The van der Waals surface area contributed by atoms with Gasteiger partial charge in [-0.3, -0.25) is 9.59 Å². The van der Waals surface area contributed by atoms with Crippen molar-refractivity contribution in [1.29, 1.82) is 0 Å². The van der Waals surface area contributed by atoms with E-state index in [1.165, 1.54) is 26.4 Å². The van der Waals surface area contributed by atoms with E-state index in [0.29, 0.717) is 25.2 Å². The van der Waals surface area contributed by atoms with Crippen LogP contribution >= 0.6 is 0 Å². The highest BCUT2D eigenvalue weighted by molar-refractivity contribution is 5.69. The summed E-state index contributed by atoms with van der Waals surface area (Å²) in [5, 5.41) is 0. The van der Waals surface area contributed by atoms with Crippen LogP contribution in [0.5, 0.6) is 0 Å². The van der Waals surface area contributed by atoms with Gasteiger partial charge in [-0.2, -0.15) is 0 Å². The minimum absolute atomic E-state index is 0.0458. The third kappa shape index (κ3) is 12.5. The number of rotatable bonds is 19. The van der Waals surface area contributed by atoms with Crippen LogP contribution in [-0.4, -0.2) is 63.7 Å². The van der Waals surface area contributed by atoms with Crippen LogP contribution in [0.3, 0.4) is 0 Å². The summed E-state index contributed by atoms with van der Waals surface area (Å²) in [6.45, 7) is 6.59. The number of hydrogen-bond acceptors (Lipinski definition) is 8. The first-order valence-electron chi connectivity index (χ1n) is 16.6. The average molecular weight is 593 g/mol. The number of hydrogen-bond donors (Lipinski definition) is 0. The zero-order valence-electron chi connectivity index (χ0n) is 26.3. The predicted molar refractivity (Wildman–Crippen MR) is 162 cm³/mol. The lowest BCUT2D eigenvalue weighted by Gasteiger charge is -2.30. The lowest BCUT2D eigenvalue weighted by Crippen LogP contribution is -2.31. The summed E-state index contributed by atoms with van der Waals surface area (Å²) in [6.07, 6.45) is 22.0. The Labute approximate surface area is 253 Å². The monoisotopic (exact) mass is 592 g/mol. The zero-order valence-corrected chi connectivity index (χ0v) is 26.3. The van der Waals surface area contributed by atoms with Crippen LogP contribution in [0, 0.1) is 17.8 Å². The standard InChI is InChI=1S/C34H56O8/c1-4-5-14-26(2)23-27(41-33-17-10-12-21-38-33)19-20-29-28(15-8-6-7-9-16-32(36)37-3)30(40-25-35)24-31(29)42-34-18-11-13-22-39-34/h6,8,19-20,25-31,33-34H,4-5,7,9-18,21-24H2,1-3H3/b8-6-,20-19+/t26-,27-,28+,29+,30+,31+,33?,34?/m0/s1. The topological polar surface area (TPSA) is 89.5 Å². The fraction of sp³-hybridized carbons (Fsp3) is 0.824. The molecule has 0 aromatic heterocycles. The Kier molecular flexibility index (Phi) is 16.8. The summed E-state index contributed by atoms with van der Waals surface area (Å²) < 4.78 is 35.4. The molecule has 1 aliphatic carbocycles. The second-order valence-electron chi connectivity index (χ2n) is 12.2. The molecule has 3 rings (SSSR count). The van der Waals surface area contributed by atoms with Crippen LogP contribution in [0.25, 0.3) is 0 Å². The number of carbonyl (C=O) groups is 2. The Hall–Kier alpha value is -1.74. The molecule has 3 fully saturated rings. The van der Waals surface area contributed by atoms with Crippen LogP contribution in [0.15, 0.2) is 24.3 Å². The lowest BCUT2D eigenvalue weighted by molar-refractivity contribution is -0.193. The summed E-state index contributed by atoms with van der Waals surface area (Å²) in [4.78, 5) is 22.9. The number of allylic oxidation sites excluding steroid dienone is 2. The first-order valence-corrected chi connectivity index (χ1v) is 16.6. The van der Waals surface area contributed by atoms with Crippen molar-refractivity contribution < 1.29 is 38.0 Å². The molecule has 8 atom stereocenters. The molecule has 0 bridgehead atoms. The maximum absolute atomic E-state index is 11.5. The summed E-state index contributed by atoms with van der Waals surface area (Å²) >= 11 is 0. The molecule has 2 unspecified atom stereocenters. The van der Waals surface area contributed by atoms with E-state index in [2.05, 4.69) is 38.2 Å². The summed E-state index contributed by atoms with van der Waals surface area (Å²) in [5.41, 5.74) is 0. The van der Waals surface area contributed by atoms with Crippen LogP contribution in [0.4, 0.5) is 0 Å². The molecule has 0 aromatic carbocycles. The maximum Gasteiger partial charge on any atom is 0.305 e. The van der Waals surface area contributed by atoms with Gasteiger partial charge < -0.3 is 28.4 Å². The van der Waals surface area contributed by atoms with E-state index in [1.54, 1.807) is 0 Å². The Morgan fingerprint density at radius 1 is 1.00 bits per heavy atom. The van der Waals surface area contributed by atoms with Gasteiger partial charge >= 0.3 is 5.97 Å². The van der Waals surface area contributed by atoms with E-state index in [9.17, 15) is 9.59 Å².